The lowest BCUT2D eigenvalue weighted by molar-refractivity contribution is 0.245. The van der Waals surface area contributed by atoms with Gasteiger partial charge in [0.15, 0.2) is 0 Å². The minimum absolute atomic E-state index is 0.107. The average molecular weight is 221 g/mol. The first kappa shape index (κ1) is 12.5. The first-order valence-electron chi connectivity index (χ1n) is 5.38. The van der Waals surface area contributed by atoms with Crippen molar-refractivity contribution in [1.82, 2.24) is 5.32 Å². The van der Waals surface area contributed by atoms with Crippen LogP contribution in [0.25, 0.3) is 0 Å². The van der Waals surface area contributed by atoms with Crippen LogP contribution in [0.5, 0.6) is 0 Å². The number of hydrogen-bond donors (Lipinski definition) is 2. The molecule has 0 spiro atoms. The van der Waals surface area contributed by atoms with E-state index >= 15 is 0 Å². The summed E-state index contributed by atoms with van der Waals surface area (Å²) in [5.41, 5.74) is 7.42. The zero-order chi connectivity index (χ0) is 12.1. The number of carbonyl (C=O) groups is 1. The van der Waals surface area contributed by atoms with E-state index in [1.54, 1.807) is 11.9 Å². The van der Waals surface area contributed by atoms with Crippen molar-refractivity contribution in [3.63, 3.8) is 0 Å². The van der Waals surface area contributed by atoms with E-state index in [-0.39, 0.29) is 12.1 Å². The summed E-state index contributed by atoms with van der Waals surface area (Å²) in [6.07, 6.45) is 0. The summed E-state index contributed by atoms with van der Waals surface area (Å²) in [5.74, 6) is 0. The molecule has 4 nitrogen and oxygen atoms in total. The number of nitrogens with zero attached hydrogens (tertiary/aromatic N) is 1. The number of benzene rings is 1. The third kappa shape index (κ3) is 3.24. The monoisotopic (exact) mass is 221 g/mol. The number of anilines is 1. The van der Waals surface area contributed by atoms with Gasteiger partial charge < -0.3 is 11.1 Å². The molecular weight excluding hydrogens is 202 g/mol. The molecule has 0 saturated heterocycles. The predicted molar refractivity (Wildman–Crippen MR) is 66.4 cm³/mol. The molecule has 0 bridgehead atoms. The number of nitrogens with one attached hydrogen (secondary N) is 1. The van der Waals surface area contributed by atoms with E-state index in [4.69, 9.17) is 5.73 Å². The van der Waals surface area contributed by atoms with Crippen molar-refractivity contribution in [3.8, 4) is 0 Å². The van der Waals surface area contributed by atoms with Crippen LogP contribution in [0.1, 0.15) is 19.4 Å². The van der Waals surface area contributed by atoms with E-state index in [1.165, 1.54) is 0 Å². The van der Waals surface area contributed by atoms with Crippen molar-refractivity contribution in [2.75, 3.05) is 11.9 Å². The van der Waals surface area contributed by atoms with E-state index in [0.717, 1.165) is 11.3 Å². The lowest BCUT2D eigenvalue weighted by Gasteiger charge is -2.20. The van der Waals surface area contributed by atoms with Gasteiger partial charge in [-0.1, -0.05) is 12.1 Å². The minimum atomic E-state index is -0.107. The Morgan fingerprint density at radius 3 is 2.75 bits per heavy atom. The van der Waals surface area contributed by atoms with E-state index in [2.05, 4.69) is 5.32 Å². The summed E-state index contributed by atoms with van der Waals surface area (Å²) in [5, 5.41) is 2.83. The molecule has 0 atom stereocenters. The lowest BCUT2D eigenvalue weighted by atomic mass is 10.2. The number of hydrogen-bond acceptors (Lipinski definition) is 2. The highest BCUT2D eigenvalue weighted by atomic mass is 16.2. The van der Waals surface area contributed by atoms with Gasteiger partial charge in [-0.3, -0.25) is 4.90 Å². The SMILES string of the molecule is CC(C)NC(=O)N(C)c1cccc(CN)c1. The molecule has 0 fully saturated rings. The molecule has 0 heterocycles. The Labute approximate surface area is 96.4 Å². The number of rotatable bonds is 3. The van der Waals surface area contributed by atoms with Crippen LogP contribution in [0.4, 0.5) is 10.5 Å². The fourth-order valence-corrected chi connectivity index (χ4v) is 1.35. The van der Waals surface area contributed by atoms with Crippen LogP contribution in [-0.4, -0.2) is 19.1 Å². The maximum absolute atomic E-state index is 11.7. The van der Waals surface area contributed by atoms with E-state index in [0.29, 0.717) is 6.54 Å². The molecule has 0 radical (unpaired) electrons. The summed E-state index contributed by atoms with van der Waals surface area (Å²) in [4.78, 5) is 13.3. The summed E-state index contributed by atoms with van der Waals surface area (Å²) in [6, 6.07) is 7.67. The van der Waals surface area contributed by atoms with Gasteiger partial charge in [-0.2, -0.15) is 0 Å². The van der Waals surface area contributed by atoms with Crippen LogP contribution in [0, 0.1) is 0 Å². The van der Waals surface area contributed by atoms with Crippen LogP contribution in [0.15, 0.2) is 24.3 Å². The molecule has 0 unspecified atom stereocenters. The molecule has 0 aliphatic rings. The van der Waals surface area contributed by atoms with Gasteiger partial charge in [-0.25, -0.2) is 4.79 Å². The average Bonchev–Trinajstić information content (AvgIpc) is 2.27. The summed E-state index contributed by atoms with van der Waals surface area (Å²) in [7, 11) is 1.74. The number of amides is 2. The molecule has 0 saturated carbocycles. The Balaban J connectivity index is 2.79. The second-order valence-corrected chi connectivity index (χ2v) is 4.04. The van der Waals surface area contributed by atoms with Gasteiger partial charge in [0, 0.05) is 25.3 Å². The Hall–Kier alpha value is -1.55. The number of carbonyl (C=O) groups excluding carboxylic acids is 1. The third-order valence-corrected chi connectivity index (χ3v) is 2.25. The molecule has 3 N–H and O–H groups in total. The van der Waals surface area contributed by atoms with Crippen molar-refractivity contribution >= 4 is 11.7 Å². The summed E-state index contributed by atoms with van der Waals surface area (Å²) >= 11 is 0. The highest BCUT2D eigenvalue weighted by Gasteiger charge is 2.11. The lowest BCUT2D eigenvalue weighted by Crippen LogP contribution is -2.40. The van der Waals surface area contributed by atoms with Crippen LogP contribution < -0.4 is 16.0 Å². The molecule has 2 amide bonds. The molecule has 88 valence electrons. The second-order valence-electron chi connectivity index (χ2n) is 4.04. The van der Waals surface area contributed by atoms with Gasteiger partial charge in [-0.05, 0) is 31.5 Å². The predicted octanol–water partition coefficient (Wildman–Crippen LogP) is 1.70. The maximum atomic E-state index is 11.7. The van der Waals surface area contributed by atoms with Gasteiger partial charge in [0.25, 0.3) is 0 Å². The standard InChI is InChI=1S/C12H19N3O/c1-9(2)14-12(16)15(3)11-6-4-5-10(7-11)8-13/h4-7,9H,8,13H2,1-3H3,(H,14,16). The molecule has 16 heavy (non-hydrogen) atoms. The third-order valence-electron chi connectivity index (χ3n) is 2.25. The largest absolute Gasteiger partial charge is 0.336 e. The van der Waals surface area contributed by atoms with Crippen LogP contribution >= 0.6 is 0 Å². The molecule has 1 aromatic rings. The molecule has 4 heteroatoms. The summed E-state index contributed by atoms with van der Waals surface area (Å²) < 4.78 is 0. The van der Waals surface area contributed by atoms with E-state index in [1.807, 2.05) is 38.1 Å². The van der Waals surface area contributed by atoms with Gasteiger partial charge in [-0.15, -0.1) is 0 Å². The summed E-state index contributed by atoms with van der Waals surface area (Å²) in [6.45, 7) is 4.34. The maximum Gasteiger partial charge on any atom is 0.321 e. The molecular formula is C12H19N3O. The molecule has 1 rings (SSSR count). The molecule has 0 aromatic heterocycles. The highest BCUT2D eigenvalue weighted by Crippen LogP contribution is 2.14. The Kier molecular flexibility index (Phi) is 4.31. The van der Waals surface area contributed by atoms with Gasteiger partial charge in [0.2, 0.25) is 0 Å². The van der Waals surface area contributed by atoms with E-state index in [9.17, 15) is 4.79 Å². The van der Waals surface area contributed by atoms with Crippen molar-refractivity contribution in [1.29, 1.82) is 0 Å². The first-order chi connectivity index (χ1) is 7.54. The first-order valence-corrected chi connectivity index (χ1v) is 5.38. The van der Waals surface area contributed by atoms with Crippen molar-refractivity contribution in [2.45, 2.75) is 26.4 Å². The van der Waals surface area contributed by atoms with Crippen LogP contribution in [0.2, 0.25) is 0 Å². The Morgan fingerprint density at radius 1 is 1.50 bits per heavy atom. The Morgan fingerprint density at radius 2 is 2.19 bits per heavy atom. The second kappa shape index (κ2) is 5.51. The van der Waals surface area contributed by atoms with Gasteiger partial charge in [0.1, 0.15) is 0 Å². The van der Waals surface area contributed by atoms with Gasteiger partial charge >= 0.3 is 6.03 Å². The Bertz CT molecular complexity index is 363. The number of urea groups is 1. The molecule has 0 aliphatic carbocycles. The zero-order valence-corrected chi connectivity index (χ0v) is 10.0. The van der Waals surface area contributed by atoms with Crippen LogP contribution in [0.3, 0.4) is 0 Å². The quantitative estimate of drug-likeness (QED) is 0.816. The van der Waals surface area contributed by atoms with Crippen molar-refractivity contribution < 1.29 is 4.79 Å². The normalized spacial score (nSPS) is 10.3. The fourth-order valence-electron chi connectivity index (χ4n) is 1.35. The topological polar surface area (TPSA) is 58.4 Å². The van der Waals surface area contributed by atoms with Crippen LogP contribution in [-0.2, 0) is 6.54 Å². The van der Waals surface area contributed by atoms with Gasteiger partial charge in [0.05, 0.1) is 0 Å². The zero-order valence-electron chi connectivity index (χ0n) is 10.0. The number of nitrogens with two attached hydrogens (primary N) is 1. The van der Waals surface area contributed by atoms with E-state index < -0.39 is 0 Å². The van der Waals surface area contributed by atoms with Crippen molar-refractivity contribution in [2.24, 2.45) is 5.73 Å². The highest BCUT2D eigenvalue weighted by molar-refractivity contribution is 5.91. The fraction of sp³-hybridized carbons (Fsp3) is 0.417. The minimum Gasteiger partial charge on any atom is -0.336 e. The molecule has 1 aromatic carbocycles. The smallest absolute Gasteiger partial charge is 0.321 e. The van der Waals surface area contributed by atoms with Crippen molar-refractivity contribution in [3.05, 3.63) is 29.8 Å². The molecule has 0 aliphatic heterocycles.